The third-order valence-corrected chi connectivity index (χ3v) is 2.36. The summed E-state index contributed by atoms with van der Waals surface area (Å²) in [5.41, 5.74) is 3.15. The molecule has 0 heterocycles. The normalized spacial score (nSPS) is 13.4. The number of carbonyl (C=O) groups excluding carboxylic acids is 1. The molecule has 0 fully saturated rings. The smallest absolute Gasteiger partial charge is 0.167 e. The molecule has 0 aliphatic heterocycles. The van der Waals surface area contributed by atoms with Crippen molar-refractivity contribution in [3.8, 4) is 0 Å². The predicted octanol–water partition coefficient (Wildman–Crippen LogP) is 2.60. The maximum atomic E-state index is 11.6. The van der Waals surface area contributed by atoms with Crippen LogP contribution < -0.4 is 0 Å². The first-order valence-corrected chi connectivity index (χ1v) is 4.73. The number of ketones is 1. The summed E-state index contributed by atoms with van der Waals surface area (Å²) in [5, 5.41) is 0. The minimum atomic E-state index is 0.205. The maximum Gasteiger partial charge on any atom is 0.167 e. The highest BCUT2D eigenvalue weighted by Crippen LogP contribution is 2.13. The minimum absolute atomic E-state index is 0.205. The second kappa shape index (κ2) is 3.62. The van der Waals surface area contributed by atoms with Crippen LogP contribution in [0.1, 0.15) is 11.1 Å². The molecule has 14 heavy (non-hydrogen) atoms. The molecule has 1 aromatic carbocycles. The van der Waals surface area contributed by atoms with Gasteiger partial charge in [0.05, 0.1) is 0 Å². The van der Waals surface area contributed by atoms with Gasteiger partial charge in [-0.3, -0.25) is 4.79 Å². The number of allylic oxidation sites excluding steroid dienone is 4. The minimum Gasteiger partial charge on any atom is -0.294 e. The lowest BCUT2D eigenvalue weighted by molar-refractivity contribution is -0.114. The van der Waals surface area contributed by atoms with Crippen LogP contribution in [0.2, 0.25) is 0 Å². The van der Waals surface area contributed by atoms with E-state index in [1.54, 1.807) is 0 Å². The topological polar surface area (TPSA) is 17.1 Å². The van der Waals surface area contributed by atoms with Crippen molar-refractivity contribution in [3.05, 3.63) is 59.2 Å². The van der Waals surface area contributed by atoms with Gasteiger partial charge in [-0.25, -0.2) is 0 Å². The number of aryl methyl sites for hydroxylation is 1. The number of rotatable bonds is 3. The van der Waals surface area contributed by atoms with E-state index < -0.39 is 0 Å². The van der Waals surface area contributed by atoms with Gasteiger partial charge in [-0.1, -0.05) is 48.1 Å². The molecule has 0 N–H and O–H groups in total. The highest BCUT2D eigenvalue weighted by molar-refractivity contribution is 6.01. The maximum absolute atomic E-state index is 11.6. The molecule has 0 saturated heterocycles. The van der Waals surface area contributed by atoms with E-state index in [0.717, 1.165) is 11.1 Å². The predicted molar refractivity (Wildman–Crippen MR) is 57.1 cm³/mol. The first kappa shape index (κ1) is 8.95. The average Bonchev–Trinajstić information content (AvgIpc) is 2.06. The van der Waals surface area contributed by atoms with Crippen LogP contribution in [-0.4, -0.2) is 5.78 Å². The zero-order chi connectivity index (χ0) is 9.97. The van der Waals surface area contributed by atoms with Gasteiger partial charge in [-0.2, -0.15) is 0 Å². The van der Waals surface area contributed by atoms with Crippen molar-refractivity contribution in [2.45, 2.75) is 13.3 Å². The Balaban J connectivity index is 2.03. The van der Waals surface area contributed by atoms with Gasteiger partial charge in [0.15, 0.2) is 5.78 Å². The van der Waals surface area contributed by atoms with Crippen LogP contribution in [-0.2, 0) is 11.2 Å². The molecule has 1 heteroatoms. The fraction of sp³-hybridized carbons (Fsp3) is 0.154. The summed E-state index contributed by atoms with van der Waals surface area (Å²) in [4.78, 5) is 11.6. The van der Waals surface area contributed by atoms with Crippen molar-refractivity contribution in [1.82, 2.24) is 0 Å². The molecule has 0 spiro atoms. The monoisotopic (exact) mass is 184 g/mol. The van der Waals surface area contributed by atoms with Crippen LogP contribution in [0.15, 0.2) is 48.1 Å². The highest BCUT2D eigenvalue weighted by atomic mass is 16.1. The Hall–Kier alpha value is -1.63. The summed E-state index contributed by atoms with van der Waals surface area (Å²) in [7, 11) is 0. The fourth-order valence-electron chi connectivity index (χ4n) is 1.37. The zero-order valence-corrected chi connectivity index (χ0v) is 8.16. The zero-order valence-electron chi connectivity index (χ0n) is 8.16. The van der Waals surface area contributed by atoms with E-state index in [-0.39, 0.29) is 5.78 Å². The summed E-state index contributed by atoms with van der Waals surface area (Å²) in [6, 6.07) is 8.09. The number of Topliss-reactive ketones (excluding diaryl/α,β-unsaturated/α-hetero) is 1. The Kier molecular flexibility index (Phi) is 2.32. The Bertz CT molecular complexity index is 407. The number of hydrogen-bond donors (Lipinski definition) is 0. The van der Waals surface area contributed by atoms with E-state index in [0.29, 0.717) is 6.42 Å². The van der Waals surface area contributed by atoms with E-state index in [1.165, 1.54) is 5.56 Å². The van der Waals surface area contributed by atoms with Crippen LogP contribution in [0.25, 0.3) is 0 Å². The number of benzene rings is 1. The van der Waals surface area contributed by atoms with E-state index in [4.69, 9.17) is 0 Å². The van der Waals surface area contributed by atoms with Gasteiger partial charge in [-0.15, -0.1) is 0 Å². The average molecular weight is 184 g/mol. The lowest BCUT2D eigenvalue weighted by Gasteiger charge is -2.06. The molecular weight excluding hydrogens is 172 g/mol. The molecule has 0 saturated carbocycles. The van der Waals surface area contributed by atoms with E-state index in [9.17, 15) is 4.79 Å². The van der Waals surface area contributed by atoms with E-state index >= 15 is 0 Å². The SMILES string of the molecule is Cc1ccc(CC(=O)C2=CC=C2)cc1. The molecule has 0 atom stereocenters. The fourth-order valence-corrected chi connectivity index (χ4v) is 1.37. The largest absolute Gasteiger partial charge is 0.294 e. The molecule has 0 aromatic heterocycles. The van der Waals surface area contributed by atoms with Gasteiger partial charge < -0.3 is 0 Å². The number of hydrogen-bond acceptors (Lipinski definition) is 1. The molecule has 0 bridgehead atoms. The molecule has 0 unspecified atom stereocenters. The first-order chi connectivity index (χ1) is 6.75. The Morgan fingerprint density at radius 2 is 1.86 bits per heavy atom. The second-order valence-electron chi connectivity index (χ2n) is 3.57. The Morgan fingerprint density at radius 3 is 2.36 bits per heavy atom. The first-order valence-electron chi connectivity index (χ1n) is 4.73. The molecule has 0 radical (unpaired) electrons. The van der Waals surface area contributed by atoms with Crippen LogP contribution in [0, 0.1) is 6.92 Å². The lowest BCUT2D eigenvalue weighted by atomic mass is 9.98. The van der Waals surface area contributed by atoms with Gasteiger partial charge in [0, 0.05) is 12.0 Å². The van der Waals surface area contributed by atoms with Crippen molar-refractivity contribution in [3.63, 3.8) is 0 Å². The van der Waals surface area contributed by atoms with Crippen molar-refractivity contribution in [2.75, 3.05) is 0 Å². The third-order valence-electron chi connectivity index (χ3n) is 2.36. The van der Waals surface area contributed by atoms with Gasteiger partial charge in [0.2, 0.25) is 0 Å². The quantitative estimate of drug-likeness (QED) is 0.705. The van der Waals surface area contributed by atoms with Crippen molar-refractivity contribution in [1.29, 1.82) is 0 Å². The summed E-state index contributed by atoms with van der Waals surface area (Å²) < 4.78 is 0. The van der Waals surface area contributed by atoms with Crippen LogP contribution in [0.4, 0.5) is 0 Å². The van der Waals surface area contributed by atoms with Crippen LogP contribution in [0.5, 0.6) is 0 Å². The van der Waals surface area contributed by atoms with E-state index in [1.807, 2.05) is 49.4 Å². The van der Waals surface area contributed by atoms with Crippen molar-refractivity contribution < 1.29 is 4.79 Å². The molecule has 1 aliphatic rings. The molecule has 1 aliphatic carbocycles. The Morgan fingerprint density at radius 1 is 1.21 bits per heavy atom. The molecule has 1 nitrogen and oxygen atoms in total. The highest BCUT2D eigenvalue weighted by Gasteiger charge is 2.09. The van der Waals surface area contributed by atoms with Gasteiger partial charge in [0.1, 0.15) is 0 Å². The van der Waals surface area contributed by atoms with E-state index in [2.05, 4.69) is 0 Å². The van der Waals surface area contributed by atoms with Gasteiger partial charge in [0.25, 0.3) is 0 Å². The Labute approximate surface area is 83.8 Å². The third kappa shape index (κ3) is 1.82. The number of carbonyl (C=O) groups is 1. The van der Waals surface area contributed by atoms with Crippen molar-refractivity contribution in [2.24, 2.45) is 0 Å². The van der Waals surface area contributed by atoms with Gasteiger partial charge >= 0.3 is 0 Å². The standard InChI is InChI=1S/C13H12O/c1-10-5-7-11(8-6-10)9-13(14)12-3-2-4-12/h2-8H,9H2,1H3. The summed E-state index contributed by atoms with van der Waals surface area (Å²) in [6.07, 6.45) is 6.12. The molecule has 70 valence electrons. The second-order valence-corrected chi connectivity index (χ2v) is 3.57. The summed E-state index contributed by atoms with van der Waals surface area (Å²) >= 11 is 0. The molecule has 1 aromatic rings. The molecule has 2 rings (SSSR count). The summed E-state index contributed by atoms with van der Waals surface area (Å²) in [5.74, 6) is 0.205. The van der Waals surface area contributed by atoms with Crippen LogP contribution in [0.3, 0.4) is 0 Å². The molecule has 0 amide bonds. The van der Waals surface area contributed by atoms with Crippen molar-refractivity contribution >= 4 is 5.78 Å². The van der Waals surface area contributed by atoms with Gasteiger partial charge in [-0.05, 0) is 12.5 Å². The lowest BCUT2D eigenvalue weighted by Crippen LogP contribution is -2.07. The van der Waals surface area contributed by atoms with Crippen LogP contribution >= 0.6 is 0 Å². The molecular formula is C13H12O. The summed E-state index contributed by atoms with van der Waals surface area (Å²) in [6.45, 7) is 2.04.